The molecule has 7 heteroatoms. The fourth-order valence-corrected chi connectivity index (χ4v) is 1.75. The number of aryl methyl sites for hydroxylation is 1. The van der Waals surface area contributed by atoms with E-state index in [1.54, 1.807) is 24.3 Å². The Hall–Kier alpha value is -2.28. The third-order valence-corrected chi connectivity index (χ3v) is 3.15. The van der Waals surface area contributed by atoms with Crippen LogP contribution in [-0.4, -0.2) is 37.9 Å². The maximum atomic E-state index is 11.8. The fraction of sp³-hybridized carbons (Fsp3) is 0.500. The number of unbranched alkanes of at least 4 members (excludes halogenated alkanes) is 1. The van der Waals surface area contributed by atoms with Gasteiger partial charge in [0.15, 0.2) is 0 Å². The maximum Gasteiger partial charge on any atom is 0.316 e. The number of hydrogen-bond acceptors (Lipinski definition) is 6. The number of aliphatic hydroxyl groups excluding tert-OH is 1. The van der Waals surface area contributed by atoms with Gasteiger partial charge in [-0.2, -0.15) is 4.80 Å². The fourth-order valence-electron chi connectivity index (χ4n) is 1.75. The topological polar surface area (TPSA) is 90.1 Å². The van der Waals surface area contributed by atoms with Crippen molar-refractivity contribution in [1.29, 1.82) is 0 Å². The van der Waals surface area contributed by atoms with Crippen LogP contribution in [0.3, 0.4) is 0 Å². The Morgan fingerprint density at radius 1 is 1.22 bits per heavy atom. The van der Waals surface area contributed by atoms with E-state index in [4.69, 9.17) is 9.84 Å². The van der Waals surface area contributed by atoms with Gasteiger partial charge in [-0.1, -0.05) is 0 Å². The van der Waals surface area contributed by atoms with E-state index in [0.29, 0.717) is 24.5 Å². The Morgan fingerprint density at radius 2 is 1.91 bits per heavy atom. The van der Waals surface area contributed by atoms with Crippen LogP contribution in [-0.2, 0) is 11.3 Å². The first kappa shape index (κ1) is 17.1. The second-order valence-electron chi connectivity index (χ2n) is 6.30. The van der Waals surface area contributed by atoms with Crippen molar-refractivity contribution in [3.05, 3.63) is 24.3 Å². The van der Waals surface area contributed by atoms with Gasteiger partial charge in [-0.25, -0.2) is 0 Å². The summed E-state index contributed by atoms with van der Waals surface area (Å²) in [7, 11) is 0. The summed E-state index contributed by atoms with van der Waals surface area (Å²) in [6.07, 6.45) is 1.51. The highest BCUT2D eigenvalue weighted by Gasteiger charge is 2.23. The van der Waals surface area contributed by atoms with Crippen molar-refractivity contribution in [3.63, 3.8) is 0 Å². The molecule has 0 aliphatic rings. The minimum Gasteiger partial charge on any atom is -0.426 e. The molecule has 1 N–H and O–H groups in total. The van der Waals surface area contributed by atoms with E-state index in [9.17, 15) is 4.79 Å². The number of rotatable bonds is 6. The molecule has 0 amide bonds. The van der Waals surface area contributed by atoms with Crippen molar-refractivity contribution >= 4 is 5.97 Å². The van der Waals surface area contributed by atoms with Crippen LogP contribution in [0, 0.1) is 5.41 Å². The van der Waals surface area contributed by atoms with Crippen molar-refractivity contribution in [2.24, 2.45) is 5.41 Å². The number of carbonyl (C=O) groups is 1. The second kappa shape index (κ2) is 7.32. The van der Waals surface area contributed by atoms with E-state index in [2.05, 4.69) is 15.4 Å². The second-order valence-corrected chi connectivity index (χ2v) is 6.30. The number of esters is 1. The molecule has 0 radical (unpaired) electrons. The third-order valence-electron chi connectivity index (χ3n) is 3.15. The number of aliphatic hydroxyl groups is 1. The zero-order valence-corrected chi connectivity index (χ0v) is 13.7. The summed E-state index contributed by atoms with van der Waals surface area (Å²) in [5, 5.41) is 21.0. The minimum absolute atomic E-state index is 0.163. The molecular formula is C16H22N4O3. The van der Waals surface area contributed by atoms with E-state index in [-0.39, 0.29) is 12.6 Å². The molecule has 0 bridgehead atoms. The van der Waals surface area contributed by atoms with Gasteiger partial charge in [0, 0.05) is 12.2 Å². The van der Waals surface area contributed by atoms with Crippen LogP contribution >= 0.6 is 0 Å². The van der Waals surface area contributed by atoms with Gasteiger partial charge in [0.05, 0.1) is 12.0 Å². The first-order chi connectivity index (χ1) is 10.9. The standard InChI is InChI=1S/C16H22N4O3/c1-16(2,3)15(22)23-13-8-6-12(7-9-13)14-17-19-20(18-14)10-4-5-11-21/h6-9,21H,4-5,10-11H2,1-3H3. The normalized spacial score (nSPS) is 11.5. The van der Waals surface area contributed by atoms with Crippen LogP contribution in [0.25, 0.3) is 11.4 Å². The van der Waals surface area contributed by atoms with Crippen LogP contribution in [0.15, 0.2) is 24.3 Å². The Labute approximate surface area is 135 Å². The van der Waals surface area contributed by atoms with Gasteiger partial charge in [-0.05, 0) is 63.1 Å². The van der Waals surface area contributed by atoms with Crippen LogP contribution in [0.4, 0.5) is 0 Å². The van der Waals surface area contributed by atoms with Gasteiger partial charge in [-0.15, -0.1) is 10.2 Å². The summed E-state index contributed by atoms with van der Waals surface area (Å²) < 4.78 is 5.32. The molecule has 1 aromatic carbocycles. The largest absolute Gasteiger partial charge is 0.426 e. The molecule has 2 rings (SSSR count). The minimum atomic E-state index is -0.544. The van der Waals surface area contributed by atoms with E-state index in [0.717, 1.165) is 12.0 Å². The highest BCUT2D eigenvalue weighted by atomic mass is 16.5. The summed E-state index contributed by atoms with van der Waals surface area (Å²) in [6.45, 7) is 6.21. The van der Waals surface area contributed by atoms with Crippen molar-refractivity contribution in [3.8, 4) is 17.1 Å². The smallest absolute Gasteiger partial charge is 0.316 e. The average molecular weight is 318 g/mol. The van der Waals surface area contributed by atoms with Crippen LogP contribution in [0.5, 0.6) is 5.75 Å². The Kier molecular flexibility index (Phi) is 5.44. The molecule has 0 saturated carbocycles. The SMILES string of the molecule is CC(C)(C)C(=O)Oc1ccc(-c2nnn(CCCCO)n2)cc1. The van der Waals surface area contributed by atoms with Gasteiger partial charge in [-0.3, -0.25) is 4.79 Å². The van der Waals surface area contributed by atoms with Crippen molar-refractivity contribution < 1.29 is 14.6 Å². The third kappa shape index (κ3) is 4.85. The van der Waals surface area contributed by atoms with Gasteiger partial charge < -0.3 is 9.84 Å². The van der Waals surface area contributed by atoms with E-state index in [1.165, 1.54) is 4.80 Å². The lowest BCUT2D eigenvalue weighted by Gasteiger charge is -2.16. The summed E-state index contributed by atoms with van der Waals surface area (Å²) in [4.78, 5) is 13.4. The number of benzene rings is 1. The number of carbonyl (C=O) groups excluding carboxylic acids is 1. The molecule has 23 heavy (non-hydrogen) atoms. The van der Waals surface area contributed by atoms with Gasteiger partial charge >= 0.3 is 5.97 Å². The number of hydrogen-bond donors (Lipinski definition) is 1. The monoisotopic (exact) mass is 318 g/mol. The molecule has 7 nitrogen and oxygen atoms in total. The predicted octanol–water partition coefficient (Wildman–Crippen LogP) is 2.06. The molecule has 1 heterocycles. The quantitative estimate of drug-likeness (QED) is 0.498. The van der Waals surface area contributed by atoms with E-state index in [1.807, 2.05) is 20.8 Å². The zero-order chi connectivity index (χ0) is 16.9. The molecular weight excluding hydrogens is 296 g/mol. The predicted molar refractivity (Wildman–Crippen MR) is 84.7 cm³/mol. The van der Waals surface area contributed by atoms with Crippen LogP contribution in [0.2, 0.25) is 0 Å². The molecule has 0 spiro atoms. The molecule has 0 fully saturated rings. The molecule has 0 aliphatic heterocycles. The number of tetrazole rings is 1. The Bertz CT molecular complexity index is 644. The molecule has 0 unspecified atom stereocenters. The molecule has 0 aliphatic carbocycles. The highest BCUT2D eigenvalue weighted by molar-refractivity contribution is 5.78. The lowest BCUT2D eigenvalue weighted by atomic mass is 9.97. The summed E-state index contributed by atoms with van der Waals surface area (Å²) in [5.41, 5.74) is 0.256. The van der Waals surface area contributed by atoms with Crippen molar-refractivity contribution in [2.45, 2.75) is 40.2 Å². The number of nitrogens with zero attached hydrogens (tertiary/aromatic N) is 4. The van der Waals surface area contributed by atoms with E-state index < -0.39 is 5.41 Å². The van der Waals surface area contributed by atoms with Crippen LogP contribution in [0.1, 0.15) is 33.6 Å². The first-order valence-corrected chi connectivity index (χ1v) is 7.61. The number of ether oxygens (including phenoxy) is 1. The van der Waals surface area contributed by atoms with Gasteiger partial charge in [0.2, 0.25) is 5.82 Å². The number of aromatic nitrogens is 4. The lowest BCUT2D eigenvalue weighted by molar-refractivity contribution is -0.142. The van der Waals surface area contributed by atoms with Crippen molar-refractivity contribution in [2.75, 3.05) is 6.61 Å². The Morgan fingerprint density at radius 3 is 2.52 bits per heavy atom. The lowest BCUT2D eigenvalue weighted by Crippen LogP contribution is -2.25. The molecule has 2 aromatic rings. The van der Waals surface area contributed by atoms with E-state index >= 15 is 0 Å². The molecule has 124 valence electrons. The summed E-state index contributed by atoms with van der Waals surface area (Å²) >= 11 is 0. The first-order valence-electron chi connectivity index (χ1n) is 7.61. The summed E-state index contributed by atoms with van der Waals surface area (Å²) in [6, 6.07) is 7.01. The average Bonchev–Trinajstić information content (AvgIpc) is 2.96. The zero-order valence-electron chi connectivity index (χ0n) is 13.7. The van der Waals surface area contributed by atoms with Crippen LogP contribution < -0.4 is 4.74 Å². The summed E-state index contributed by atoms with van der Waals surface area (Å²) in [5.74, 6) is 0.727. The highest BCUT2D eigenvalue weighted by Crippen LogP contribution is 2.22. The maximum absolute atomic E-state index is 11.8. The van der Waals surface area contributed by atoms with Gasteiger partial charge in [0.25, 0.3) is 0 Å². The molecule has 0 atom stereocenters. The Balaban J connectivity index is 2.01. The van der Waals surface area contributed by atoms with Crippen molar-refractivity contribution in [1.82, 2.24) is 20.2 Å². The molecule has 0 saturated heterocycles. The van der Waals surface area contributed by atoms with Gasteiger partial charge in [0.1, 0.15) is 5.75 Å². The molecule has 1 aromatic heterocycles.